The SMILES string of the molecule is CCc1ccc(COc2cc(OC)ccc2[C@@H](C)N)cc1. The smallest absolute Gasteiger partial charge is 0.128 e. The third kappa shape index (κ3) is 3.99. The molecule has 2 aromatic carbocycles. The Hall–Kier alpha value is -2.00. The number of benzene rings is 2. The van der Waals surface area contributed by atoms with E-state index in [0.717, 1.165) is 29.0 Å². The number of nitrogens with two attached hydrogens (primary N) is 1. The molecule has 0 aliphatic rings. The lowest BCUT2D eigenvalue weighted by Crippen LogP contribution is -2.08. The summed E-state index contributed by atoms with van der Waals surface area (Å²) in [6.07, 6.45) is 1.05. The molecule has 0 fully saturated rings. The lowest BCUT2D eigenvalue weighted by Gasteiger charge is -2.15. The summed E-state index contributed by atoms with van der Waals surface area (Å²) in [6.45, 7) is 4.62. The molecule has 0 saturated heterocycles. The van der Waals surface area contributed by atoms with Gasteiger partial charge in [0.15, 0.2) is 0 Å². The van der Waals surface area contributed by atoms with Crippen LogP contribution in [0.25, 0.3) is 0 Å². The monoisotopic (exact) mass is 285 g/mol. The standard InChI is InChI=1S/C18H23NO2/c1-4-14-5-7-15(8-6-14)12-21-18-11-16(20-3)9-10-17(18)13(2)19/h5-11,13H,4,12,19H2,1-3H3/t13-/m1/s1. The molecule has 3 nitrogen and oxygen atoms in total. The van der Waals surface area contributed by atoms with Crippen LogP contribution >= 0.6 is 0 Å². The molecule has 0 aliphatic carbocycles. The Kier molecular flexibility index (Phi) is 5.23. The minimum absolute atomic E-state index is 0.0756. The molecule has 0 saturated carbocycles. The molecule has 0 unspecified atom stereocenters. The fourth-order valence-corrected chi connectivity index (χ4v) is 2.18. The summed E-state index contributed by atoms with van der Waals surface area (Å²) < 4.78 is 11.2. The number of aryl methyl sites for hydroxylation is 1. The Morgan fingerprint density at radius 2 is 1.71 bits per heavy atom. The Morgan fingerprint density at radius 1 is 1.05 bits per heavy atom. The van der Waals surface area contributed by atoms with Gasteiger partial charge in [-0.25, -0.2) is 0 Å². The highest BCUT2D eigenvalue weighted by Crippen LogP contribution is 2.29. The fraction of sp³-hybridized carbons (Fsp3) is 0.333. The van der Waals surface area contributed by atoms with Gasteiger partial charge in [0.25, 0.3) is 0 Å². The van der Waals surface area contributed by atoms with Gasteiger partial charge in [0.05, 0.1) is 7.11 Å². The molecule has 1 atom stereocenters. The van der Waals surface area contributed by atoms with E-state index in [1.807, 2.05) is 25.1 Å². The van der Waals surface area contributed by atoms with Gasteiger partial charge < -0.3 is 15.2 Å². The van der Waals surface area contributed by atoms with Gasteiger partial charge in [-0.1, -0.05) is 37.3 Å². The van der Waals surface area contributed by atoms with E-state index in [9.17, 15) is 0 Å². The van der Waals surface area contributed by atoms with E-state index in [1.54, 1.807) is 7.11 Å². The lowest BCUT2D eigenvalue weighted by atomic mass is 10.1. The van der Waals surface area contributed by atoms with Crippen LogP contribution in [0.15, 0.2) is 42.5 Å². The van der Waals surface area contributed by atoms with Gasteiger partial charge in [0.1, 0.15) is 18.1 Å². The van der Waals surface area contributed by atoms with Crippen LogP contribution in [-0.2, 0) is 13.0 Å². The molecule has 2 aromatic rings. The van der Waals surface area contributed by atoms with Crippen LogP contribution < -0.4 is 15.2 Å². The molecule has 0 bridgehead atoms. The Bertz CT molecular complexity index is 576. The van der Waals surface area contributed by atoms with Crippen molar-refractivity contribution in [1.29, 1.82) is 0 Å². The Labute approximate surface area is 126 Å². The maximum absolute atomic E-state index is 5.99. The van der Waals surface area contributed by atoms with Crippen molar-refractivity contribution < 1.29 is 9.47 Å². The van der Waals surface area contributed by atoms with E-state index in [0.29, 0.717) is 6.61 Å². The van der Waals surface area contributed by atoms with Crippen molar-refractivity contribution in [3.8, 4) is 11.5 Å². The van der Waals surface area contributed by atoms with E-state index in [-0.39, 0.29) is 6.04 Å². The summed E-state index contributed by atoms with van der Waals surface area (Å²) in [7, 11) is 1.65. The summed E-state index contributed by atoms with van der Waals surface area (Å²) >= 11 is 0. The average Bonchev–Trinajstić information content (AvgIpc) is 2.52. The van der Waals surface area contributed by atoms with Crippen molar-refractivity contribution >= 4 is 0 Å². The van der Waals surface area contributed by atoms with E-state index in [2.05, 4.69) is 31.2 Å². The molecule has 0 spiro atoms. The molecule has 0 radical (unpaired) electrons. The first-order chi connectivity index (χ1) is 10.1. The van der Waals surface area contributed by atoms with Gasteiger partial charge >= 0.3 is 0 Å². The topological polar surface area (TPSA) is 44.5 Å². The number of hydrogen-bond donors (Lipinski definition) is 1. The first kappa shape index (κ1) is 15.4. The summed E-state index contributed by atoms with van der Waals surface area (Å²) in [5.41, 5.74) is 9.45. The third-order valence-corrected chi connectivity index (χ3v) is 3.54. The van der Waals surface area contributed by atoms with Crippen LogP contribution in [-0.4, -0.2) is 7.11 Å². The average molecular weight is 285 g/mol. The second-order valence-corrected chi connectivity index (χ2v) is 5.15. The van der Waals surface area contributed by atoms with Crippen molar-refractivity contribution in [2.75, 3.05) is 7.11 Å². The van der Waals surface area contributed by atoms with Gasteiger partial charge in [-0.3, -0.25) is 0 Å². The molecule has 2 N–H and O–H groups in total. The largest absolute Gasteiger partial charge is 0.497 e. The van der Waals surface area contributed by atoms with E-state index < -0.39 is 0 Å². The van der Waals surface area contributed by atoms with E-state index in [1.165, 1.54) is 5.56 Å². The van der Waals surface area contributed by atoms with Crippen molar-refractivity contribution in [3.63, 3.8) is 0 Å². The normalized spacial score (nSPS) is 12.0. The van der Waals surface area contributed by atoms with Crippen molar-refractivity contribution in [2.24, 2.45) is 5.73 Å². The molecule has 2 rings (SSSR count). The summed E-state index contributed by atoms with van der Waals surface area (Å²) in [6, 6.07) is 14.1. The highest BCUT2D eigenvalue weighted by Gasteiger charge is 2.10. The van der Waals surface area contributed by atoms with Gasteiger partial charge in [0, 0.05) is 17.7 Å². The second kappa shape index (κ2) is 7.14. The number of methoxy groups -OCH3 is 1. The molecule has 0 aromatic heterocycles. The zero-order valence-electron chi connectivity index (χ0n) is 12.9. The van der Waals surface area contributed by atoms with Crippen LogP contribution in [0.1, 0.15) is 36.6 Å². The predicted octanol–water partition coefficient (Wildman–Crippen LogP) is 3.86. The first-order valence-electron chi connectivity index (χ1n) is 7.28. The predicted molar refractivity (Wildman–Crippen MR) is 85.7 cm³/mol. The Morgan fingerprint density at radius 3 is 2.29 bits per heavy atom. The summed E-state index contributed by atoms with van der Waals surface area (Å²) in [4.78, 5) is 0. The van der Waals surface area contributed by atoms with Crippen LogP contribution in [0.2, 0.25) is 0 Å². The van der Waals surface area contributed by atoms with Crippen LogP contribution in [0.4, 0.5) is 0 Å². The molecule has 0 amide bonds. The zero-order chi connectivity index (χ0) is 15.2. The van der Waals surface area contributed by atoms with Crippen LogP contribution in [0, 0.1) is 0 Å². The van der Waals surface area contributed by atoms with Gasteiger partial charge in [-0.15, -0.1) is 0 Å². The van der Waals surface area contributed by atoms with E-state index >= 15 is 0 Å². The van der Waals surface area contributed by atoms with Crippen molar-refractivity contribution in [2.45, 2.75) is 32.9 Å². The number of rotatable bonds is 6. The van der Waals surface area contributed by atoms with Gasteiger partial charge in [-0.2, -0.15) is 0 Å². The Balaban J connectivity index is 2.13. The van der Waals surface area contributed by atoms with Crippen LogP contribution in [0.3, 0.4) is 0 Å². The molecule has 0 aliphatic heterocycles. The molecule has 0 heterocycles. The third-order valence-electron chi connectivity index (χ3n) is 3.54. The molecule has 3 heteroatoms. The number of ether oxygens (including phenoxy) is 2. The van der Waals surface area contributed by atoms with Gasteiger partial charge in [0.2, 0.25) is 0 Å². The fourth-order valence-electron chi connectivity index (χ4n) is 2.18. The van der Waals surface area contributed by atoms with Crippen molar-refractivity contribution in [1.82, 2.24) is 0 Å². The maximum atomic E-state index is 5.99. The zero-order valence-corrected chi connectivity index (χ0v) is 12.9. The highest BCUT2D eigenvalue weighted by molar-refractivity contribution is 5.42. The molecular weight excluding hydrogens is 262 g/mol. The molecule has 21 heavy (non-hydrogen) atoms. The quantitative estimate of drug-likeness (QED) is 0.876. The summed E-state index contributed by atoms with van der Waals surface area (Å²) in [5.74, 6) is 1.56. The van der Waals surface area contributed by atoms with Crippen LogP contribution in [0.5, 0.6) is 11.5 Å². The maximum Gasteiger partial charge on any atom is 0.128 e. The minimum Gasteiger partial charge on any atom is -0.497 e. The first-order valence-corrected chi connectivity index (χ1v) is 7.28. The summed E-state index contributed by atoms with van der Waals surface area (Å²) in [5, 5.41) is 0. The van der Waals surface area contributed by atoms with E-state index in [4.69, 9.17) is 15.2 Å². The second-order valence-electron chi connectivity index (χ2n) is 5.15. The van der Waals surface area contributed by atoms with Gasteiger partial charge in [-0.05, 0) is 30.5 Å². The molecule has 112 valence electrons. The minimum atomic E-state index is -0.0756. The van der Waals surface area contributed by atoms with Crippen molar-refractivity contribution in [3.05, 3.63) is 59.2 Å². The number of hydrogen-bond acceptors (Lipinski definition) is 3. The molecular formula is C18H23NO2. The highest BCUT2D eigenvalue weighted by atomic mass is 16.5. The lowest BCUT2D eigenvalue weighted by molar-refractivity contribution is 0.299.